The third-order valence-electron chi connectivity index (χ3n) is 5.63. The zero-order valence-electron chi connectivity index (χ0n) is 13.9. The van der Waals surface area contributed by atoms with E-state index in [1.54, 1.807) is 0 Å². The number of nitriles is 1. The van der Waals surface area contributed by atoms with Crippen LogP contribution in [-0.4, -0.2) is 41.9 Å². The molecule has 0 amide bonds. The number of aliphatic hydroxyl groups is 1. The zero-order chi connectivity index (χ0) is 16.3. The average molecular weight is 314 g/mol. The van der Waals surface area contributed by atoms with Crippen molar-refractivity contribution in [2.45, 2.75) is 38.3 Å². The van der Waals surface area contributed by atoms with Gasteiger partial charge in [-0.25, -0.2) is 0 Å². The molecule has 4 nitrogen and oxygen atoms in total. The minimum absolute atomic E-state index is 0.276. The molecule has 0 unspecified atom stereocenters. The molecular weight excluding hydrogens is 288 g/mol. The number of likely N-dealkylation sites (tertiary alicyclic amines) is 1. The summed E-state index contributed by atoms with van der Waals surface area (Å²) in [4.78, 5) is 2.42. The van der Waals surface area contributed by atoms with E-state index in [4.69, 9.17) is 10.00 Å². The quantitative estimate of drug-likeness (QED) is 0.931. The molecule has 23 heavy (non-hydrogen) atoms. The molecule has 0 spiro atoms. The highest BCUT2D eigenvalue weighted by molar-refractivity contribution is 5.31. The Morgan fingerprint density at radius 3 is 2.61 bits per heavy atom. The van der Waals surface area contributed by atoms with Crippen molar-refractivity contribution < 1.29 is 9.84 Å². The molecule has 3 rings (SSSR count). The van der Waals surface area contributed by atoms with Crippen LogP contribution in [0.3, 0.4) is 0 Å². The van der Waals surface area contributed by atoms with Crippen LogP contribution in [0.15, 0.2) is 24.3 Å². The third-order valence-corrected chi connectivity index (χ3v) is 5.63. The minimum Gasteiger partial charge on any atom is -0.389 e. The first kappa shape index (κ1) is 16.4. The van der Waals surface area contributed by atoms with Crippen molar-refractivity contribution in [2.24, 2.45) is 11.8 Å². The van der Waals surface area contributed by atoms with Gasteiger partial charge in [-0.15, -0.1) is 0 Å². The molecule has 1 aromatic carbocycles. The molecular formula is C19H26N2O2. The number of benzene rings is 1. The van der Waals surface area contributed by atoms with Gasteiger partial charge in [0.25, 0.3) is 0 Å². The predicted molar refractivity (Wildman–Crippen MR) is 88.7 cm³/mol. The summed E-state index contributed by atoms with van der Waals surface area (Å²) in [5, 5.41) is 20.1. The van der Waals surface area contributed by atoms with Crippen LogP contribution in [-0.2, 0) is 11.3 Å². The van der Waals surface area contributed by atoms with E-state index in [1.807, 2.05) is 24.3 Å². The maximum absolute atomic E-state index is 11.2. The summed E-state index contributed by atoms with van der Waals surface area (Å²) in [7, 11) is 0. The topological polar surface area (TPSA) is 56.5 Å². The molecule has 1 aromatic rings. The highest BCUT2D eigenvalue weighted by atomic mass is 16.5. The van der Waals surface area contributed by atoms with Crippen LogP contribution in [0, 0.1) is 23.2 Å². The number of piperidine rings is 1. The van der Waals surface area contributed by atoms with Gasteiger partial charge in [0.15, 0.2) is 0 Å². The van der Waals surface area contributed by atoms with Crippen LogP contribution in [0.4, 0.5) is 0 Å². The van der Waals surface area contributed by atoms with E-state index in [2.05, 4.69) is 17.9 Å². The van der Waals surface area contributed by atoms with Crippen molar-refractivity contribution in [1.29, 1.82) is 5.26 Å². The highest BCUT2D eigenvalue weighted by Crippen LogP contribution is 2.39. The normalized spacial score (nSPS) is 30.0. The summed E-state index contributed by atoms with van der Waals surface area (Å²) in [5.74, 6) is 0.654. The Kier molecular flexibility index (Phi) is 5.01. The lowest BCUT2D eigenvalue weighted by molar-refractivity contribution is -0.131. The Balaban J connectivity index is 1.60. The van der Waals surface area contributed by atoms with Crippen LogP contribution in [0.5, 0.6) is 0 Å². The van der Waals surface area contributed by atoms with Crippen molar-refractivity contribution in [1.82, 2.24) is 4.90 Å². The van der Waals surface area contributed by atoms with Gasteiger partial charge in [0.1, 0.15) is 0 Å². The smallest absolute Gasteiger partial charge is 0.0991 e. The van der Waals surface area contributed by atoms with Crippen molar-refractivity contribution in [3.8, 4) is 6.07 Å². The van der Waals surface area contributed by atoms with Gasteiger partial charge in [0.05, 0.1) is 17.2 Å². The fourth-order valence-corrected chi connectivity index (χ4v) is 4.11. The van der Waals surface area contributed by atoms with E-state index in [0.29, 0.717) is 11.5 Å². The maximum Gasteiger partial charge on any atom is 0.0991 e. The Labute approximate surface area is 138 Å². The standard InChI is InChI=1S/C19H26N2O2/c1-15-13-21(14-17-4-2-16(12-20)3-5-17)9-8-19(15,22)18-6-10-23-11-7-18/h2-5,15,18,22H,6-11,13-14H2,1H3/t15-,19+/m1/s1. The largest absolute Gasteiger partial charge is 0.389 e. The molecule has 0 radical (unpaired) electrons. The Morgan fingerprint density at radius 1 is 1.30 bits per heavy atom. The Morgan fingerprint density at radius 2 is 2.00 bits per heavy atom. The van der Waals surface area contributed by atoms with E-state index in [0.717, 1.165) is 52.1 Å². The average Bonchev–Trinajstić information content (AvgIpc) is 2.60. The van der Waals surface area contributed by atoms with E-state index in [-0.39, 0.29) is 5.92 Å². The molecule has 0 bridgehead atoms. The second-order valence-corrected chi connectivity index (χ2v) is 7.07. The molecule has 1 N–H and O–H groups in total. The van der Waals surface area contributed by atoms with E-state index in [9.17, 15) is 5.11 Å². The van der Waals surface area contributed by atoms with Crippen molar-refractivity contribution in [3.63, 3.8) is 0 Å². The monoisotopic (exact) mass is 314 g/mol. The van der Waals surface area contributed by atoms with Gasteiger partial charge in [0.2, 0.25) is 0 Å². The number of nitrogens with zero attached hydrogens (tertiary/aromatic N) is 2. The van der Waals surface area contributed by atoms with E-state index < -0.39 is 5.60 Å². The SMILES string of the molecule is C[C@@H]1CN(Cc2ccc(C#N)cc2)CC[C@@]1(O)C1CCOCC1. The predicted octanol–water partition coefficient (Wildman–Crippen LogP) is 2.56. The van der Waals surface area contributed by atoms with Crippen LogP contribution in [0.2, 0.25) is 0 Å². The van der Waals surface area contributed by atoms with Crippen molar-refractivity contribution in [3.05, 3.63) is 35.4 Å². The molecule has 0 aromatic heterocycles. The molecule has 2 fully saturated rings. The van der Waals surface area contributed by atoms with Crippen molar-refractivity contribution >= 4 is 0 Å². The maximum atomic E-state index is 11.2. The molecule has 4 heteroatoms. The molecule has 2 heterocycles. The van der Waals surface area contributed by atoms with Gasteiger partial charge >= 0.3 is 0 Å². The third kappa shape index (κ3) is 3.58. The van der Waals surface area contributed by atoms with Crippen molar-refractivity contribution in [2.75, 3.05) is 26.3 Å². The molecule has 2 saturated heterocycles. The lowest BCUT2D eigenvalue weighted by Gasteiger charge is -2.48. The summed E-state index contributed by atoms with van der Waals surface area (Å²) in [5.41, 5.74) is 1.40. The minimum atomic E-state index is -0.537. The van der Waals surface area contributed by atoms with E-state index in [1.165, 1.54) is 5.56 Å². The summed E-state index contributed by atoms with van der Waals surface area (Å²) in [6.07, 6.45) is 2.81. The fraction of sp³-hybridized carbons (Fsp3) is 0.632. The van der Waals surface area contributed by atoms with Gasteiger partial charge < -0.3 is 9.84 Å². The number of hydrogen-bond donors (Lipinski definition) is 1. The van der Waals surface area contributed by atoms with Crippen LogP contribution in [0.1, 0.15) is 37.3 Å². The second kappa shape index (κ2) is 7.00. The van der Waals surface area contributed by atoms with Gasteiger partial charge in [0, 0.05) is 32.8 Å². The van der Waals surface area contributed by atoms with Crippen LogP contribution < -0.4 is 0 Å². The molecule has 0 saturated carbocycles. The van der Waals surface area contributed by atoms with Gasteiger partial charge in [-0.05, 0) is 48.8 Å². The second-order valence-electron chi connectivity index (χ2n) is 7.07. The van der Waals surface area contributed by atoms with E-state index >= 15 is 0 Å². The summed E-state index contributed by atoms with van der Waals surface area (Å²) < 4.78 is 5.45. The lowest BCUT2D eigenvalue weighted by Crippen LogP contribution is -2.55. The first-order valence-electron chi connectivity index (χ1n) is 8.63. The van der Waals surface area contributed by atoms with Gasteiger partial charge in [-0.2, -0.15) is 5.26 Å². The molecule has 2 atom stereocenters. The molecule has 124 valence electrons. The fourth-order valence-electron chi connectivity index (χ4n) is 4.11. The van der Waals surface area contributed by atoms with Crippen LogP contribution in [0.25, 0.3) is 0 Å². The van der Waals surface area contributed by atoms with Gasteiger partial charge in [-0.3, -0.25) is 4.90 Å². The number of ether oxygens (including phenoxy) is 1. The summed E-state index contributed by atoms with van der Waals surface area (Å²) >= 11 is 0. The highest BCUT2D eigenvalue weighted by Gasteiger charge is 2.45. The zero-order valence-corrected chi connectivity index (χ0v) is 13.9. The van der Waals surface area contributed by atoms with Crippen LogP contribution >= 0.6 is 0 Å². The number of rotatable bonds is 3. The molecule has 2 aliphatic rings. The first-order chi connectivity index (χ1) is 11.1. The summed E-state index contributed by atoms with van der Waals surface area (Å²) in [6, 6.07) is 9.97. The molecule has 2 aliphatic heterocycles. The first-order valence-corrected chi connectivity index (χ1v) is 8.63. The summed E-state index contributed by atoms with van der Waals surface area (Å²) in [6.45, 7) is 6.50. The molecule has 0 aliphatic carbocycles. The lowest BCUT2D eigenvalue weighted by atomic mass is 9.70. The van der Waals surface area contributed by atoms with Gasteiger partial charge in [-0.1, -0.05) is 19.1 Å². The number of hydrogen-bond acceptors (Lipinski definition) is 4. The Hall–Kier alpha value is -1.41. The Bertz CT molecular complexity index is 560.